The lowest BCUT2D eigenvalue weighted by atomic mass is 9.77. The molecule has 0 fully saturated rings. The van der Waals surface area contributed by atoms with Crippen molar-refractivity contribution >= 4 is 33.2 Å². The van der Waals surface area contributed by atoms with Gasteiger partial charge in [0.25, 0.3) is 0 Å². The molecule has 2 aromatic rings. The van der Waals surface area contributed by atoms with E-state index in [0.29, 0.717) is 11.8 Å². The minimum atomic E-state index is 0.243. The van der Waals surface area contributed by atoms with E-state index in [4.69, 9.17) is 16.3 Å². The van der Waals surface area contributed by atoms with Gasteiger partial charge < -0.3 is 10.1 Å². The Morgan fingerprint density at radius 1 is 1.26 bits per heavy atom. The smallest absolute Gasteiger partial charge is 0.142 e. The van der Waals surface area contributed by atoms with Crippen LogP contribution in [-0.4, -0.2) is 7.11 Å². The number of halogens is 2. The van der Waals surface area contributed by atoms with Crippen molar-refractivity contribution in [3.05, 3.63) is 69.2 Å². The SMILES string of the molecule is COc1ccc(Cl)c2c1N[C@H](c1cccc(Br)c1)[C@@H]1CC=C[C@H]21. The Labute approximate surface area is 149 Å². The first-order valence-corrected chi connectivity index (χ1v) is 8.91. The monoisotopic (exact) mass is 389 g/mol. The lowest BCUT2D eigenvalue weighted by Gasteiger charge is -2.38. The topological polar surface area (TPSA) is 21.3 Å². The zero-order valence-corrected chi connectivity index (χ0v) is 15.1. The molecule has 1 N–H and O–H groups in total. The lowest BCUT2D eigenvalue weighted by molar-refractivity contribution is 0.397. The van der Waals surface area contributed by atoms with Crippen LogP contribution in [0.15, 0.2) is 53.0 Å². The molecule has 118 valence electrons. The average molecular weight is 391 g/mol. The van der Waals surface area contributed by atoms with Crippen LogP contribution >= 0.6 is 27.5 Å². The van der Waals surface area contributed by atoms with Crippen LogP contribution < -0.4 is 10.1 Å². The van der Waals surface area contributed by atoms with Crippen LogP contribution in [0.3, 0.4) is 0 Å². The van der Waals surface area contributed by atoms with E-state index < -0.39 is 0 Å². The molecular weight excluding hydrogens is 374 g/mol. The normalized spacial score (nSPS) is 24.7. The fraction of sp³-hybridized carbons (Fsp3) is 0.263. The minimum Gasteiger partial charge on any atom is -0.495 e. The molecular formula is C19H17BrClNO. The Hall–Kier alpha value is -1.45. The first-order valence-electron chi connectivity index (χ1n) is 7.74. The molecule has 4 rings (SSSR count). The zero-order chi connectivity index (χ0) is 16.0. The summed E-state index contributed by atoms with van der Waals surface area (Å²) in [6, 6.07) is 12.6. The number of hydrogen-bond donors (Lipinski definition) is 1. The molecule has 1 aliphatic carbocycles. The lowest BCUT2D eigenvalue weighted by Crippen LogP contribution is -2.29. The van der Waals surface area contributed by atoms with Crippen LogP contribution in [0.4, 0.5) is 5.69 Å². The van der Waals surface area contributed by atoms with Crippen LogP contribution in [0.5, 0.6) is 5.75 Å². The van der Waals surface area contributed by atoms with Gasteiger partial charge in [0.05, 0.1) is 18.8 Å². The van der Waals surface area contributed by atoms with E-state index in [0.717, 1.165) is 32.9 Å². The summed E-state index contributed by atoms with van der Waals surface area (Å²) in [5.41, 5.74) is 3.47. The number of nitrogens with one attached hydrogen (secondary N) is 1. The second kappa shape index (κ2) is 5.88. The minimum absolute atomic E-state index is 0.243. The molecule has 2 aliphatic rings. The number of rotatable bonds is 2. The molecule has 0 saturated heterocycles. The quantitative estimate of drug-likeness (QED) is 0.641. The third-order valence-corrected chi connectivity index (χ3v) is 5.68. The molecule has 0 aromatic heterocycles. The van der Waals surface area contributed by atoms with E-state index in [2.05, 4.69) is 57.7 Å². The zero-order valence-electron chi connectivity index (χ0n) is 12.7. The van der Waals surface area contributed by atoms with E-state index in [1.165, 1.54) is 5.56 Å². The summed E-state index contributed by atoms with van der Waals surface area (Å²) in [5, 5.41) is 4.51. The second-order valence-corrected chi connectivity index (χ2v) is 7.39. The molecule has 3 atom stereocenters. The number of allylic oxidation sites excluding steroid dienone is 2. The van der Waals surface area contributed by atoms with E-state index in [-0.39, 0.29) is 6.04 Å². The highest BCUT2D eigenvalue weighted by Crippen LogP contribution is 2.54. The van der Waals surface area contributed by atoms with Gasteiger partial charge in [-0.2, -0.15) is 0 Å². The molecule has 2 nitrogen and oxygen atoms in total. The highest BCUT2D eigenvalue weighted by Gasteiger charge is 2.40. The molecule has 0 amide bonds. The molecule has 0 unspecified atom stereocenters. The molecule has 0 radical (unpaired) electrons. The van der Waals surface area contributed by atoms with Gasteiger partial charge in [0, 0.05) is 21.0 Å². The molecule has 0 bridgehead atoms. The molecule has 1 aliphatic heterocycles. The van der Waals surface area contributed by atoms with Crippen molar-refractivity contribution in [3.63, 3.8) is 0 Å². The number of fused-ring (bicyclic) bond motifs is 3. The van der Waals surface area contributed by atoms with Gasteiger partial charge >= 0.3 is 0 Å². The molecule has 4 heteroatoms. The van der Waals surface area contributed by atoms with E-state index in [9.17, 15) is 0 Å². The summed E-state index contributed by atoms with van der Waals surface area (Å²) in [6.45, 7) is 0. The average Bonchev–Trinajstić information content (AvgIpc) is 3.03. The standard InChI is InChI=1S/C19H17BrClNO/c1-23-16-9-8-15(21)17-13-6-3-7-14(13)18(22-19(16)17)11-4-2-5-12(20)10-11/h2-6,8-10,13-14,18,22H,7H2,1H3/t13-,14+,18+/m0/s1. The maximum atomic E-state index is 6.52. The Bertz CT molecular complexity index is 789. The second-order valence-electron chi connectivity index (χ2n) is 6.07. The Morgan fingerprint density at radius 2 is 2.13 bits per heavy atom. The van der Waals surface area contributed by atoms with Crippen molar-refractivity contribution in [2.45, 2.75) is 18.4 Å². The Balaban J connectivity index is 1.86. The third-order valence-electron chi connectivity index (χ3n) is 4.86. The van der Waals surface area contributed by atoms with Gasteiger partial charge in [0.1, 0.15) is 5.75 Å². The maximum Gasteiger partial charge on any atom is 0.142 e. The van der Waals surface area contributed by atoms with Gasteiger partial charge in [-0.05, 0) is 42.2 Å². The van der Waals surface area contributed by atoms with Crippen LogP contribution in [0, 0.1) is 5.92 Å². The van der Waals surface area contributed by atoms with Gasteiger partial charge in [0.2, 0.25) is 0 Å². The molecule has 1 heterocycles. The van der Waals surface area contributed by atoms with Crippen LogP contribution in [0.1, 0.15) is 29.5 Å². The first kappa shape index (κ1) is 15.1. The van der Waals surface area contributed by atoms with Crippen molar-refractivity contribution < 1.29 is 4.74 Å². The molecule has 2 aromatic carbocycles. The summed E-state index contributed by atoms with van der Waals surface area (Å²) in [5.74, 6) is 1.65. The third kappa shape index (κ3) is 2.47. The van der Waals surface area contributed by atoms with Gasteiger partial charge in [-0.15, -0.1) is 0 Å². The van der Waals surface area contributed by atoms with Gasteiger partial charge in [-0.3, -0.25) is 0 Å². The van der Waals surface area contributed by atoms with Gasteiger partial charge in [0.15, 0.2) is 0 Å². The van der Waals surface area contributed by atoms with E-state index >= 15 is 0 Å². The first-order chi connectivity index (χ1) is 11.2. The molecule has 23 heavy (non-hydrogen) atoms. The van der Waals surface area contributed by atoms with Crippen molar-refractivity contribution in [1.82, 2.24) is 0 Å². The fourth-order valence-electron chi connectivity index (χ4n) is 3.84. The van der Waals surface area contributed by atoms with Crippen LogP contribution in [-0.2, 0) is 0 Å². The summed E-state index contributed by atoms with van der Waals surface area (Å²) in [6.07, 6.45) is 5.62. The van der Waals surface area contributed by atoms with Crippen molar-refractivity contribution in [2.75, 3.05) is 12.4 Å². The fourth-order valence-corrected chi connectivity index (χ4v) is 4.54. The number of hydrogen-bond acceptors (Lipinski definition) is 2. The Morgan fingerprint density at radius 3 is 2.91 bits per heavy atom. The number of benzene rings is 2. The predicted molar refractivity (Wildman–Crippen MR) is 98.5 cm³/mol. The predicted octanol–water partition coefficient (Wildman–Crippen LogP) is 5.94. The van der Waals surface area contributed by atoms with E-state index in [1.54, 1.807) is 7.11 Å². The van der Waals surface area contributed by atoms with Crippen molar-refractivity contribution in [3.8, 4) is 5.75 Å². The maximum absolute atomic E-state index is 6.52. The largest absolute Gasteiger partial charge is 0.495 e. The van der Waals surface area contributed by atoms with Crippen molar-refractivity contribution in [2.24, 2.45) is 5.92 Å². The highest BCUT2D eigenvalue weighted by atomic mass is 79.9. The van der Waals surface area contributed by atoms with E-state index in [1.807, 2.05) is 12.1 Å². The summed E-state index contributed by atoms with van der Waals surface area (Å²) < 4.78 is 6.67. The summed E-state index contributed by atoms with van der Waals surface area (Å²) in [4.78, 5) is 0. The summed E-state index contributed by atoms with van der Waals surface area (Å²) in [7, 11) is 1.70. The summed E-state index contributed by atoms with van der Waals surface area (Å²) >= 11 is 10.1. The van der Waals surface area contributed by atoms with Crippen LogP contribution in [0.2, 0.25) is 5.02 Å². The highest BCUT2D eigenvalue weighted by molar-refractivity contribution is 9.10. The molecule has 0 spiro atoms. The van der Waals surface area contributed by atoms with Crippen LogP contribution in [0.25, 0.3) is 0 Å². The van der Waals surface area contributed by atoms with Gasteiger partial charge in [-0.25, -0.2) is 0 Å². The number of anilines is 1. The Kier molecular flexibility index (Phi) is 3.86. The van der Waals surface area contributed by atoms with Gasteiger partial charge in [-0.1, -0.05) is 51.8 Å². The van der Waals surface area contributed by atoms with Crippen molar-refractivity contribution in [1.29, 1.82) is 0 Å². The number of methoxy groups -OCH3 is 1. The number of ether oxygens (including phenoxy) is 1. The molecule has 0 saturated carbocycles.